The van der Waals surface area contributed by atoms with Crippen LogP contribution in [0.4, 0.5) is 4.79 Å². The molecule has 56 valence electrons. The Morgan fingerprint density at radius 1 is 1.90 bits per heavy atom. The number of rotatable bonds is 1. The van der Waals surface area contributed by atoms with E-state index < -0.39 is 10.8 Å². The van der Waals surface area contributed by atoms with Crippen LogP contribution in [0.5, 0.6) is 0 Å². The summed E-state index contributed by atoms with van der Waals surface area (Å²) in [5.74, 6) is 0. The number of hydroxylamine groups is 2. The first-order valence-electron chi connectivity index (χ1n) is 2.80. The third-order valence-corrected chi connectivity index (χ3v) is 1.13. The lowest BCUT2D eigenvalue weighted by atomic mass is 10.7. The van der Waals surface area contributed by atoms with Gasteiger partial charge in [-0.05, 0) is 0 Å². The highest BCUT2D eigenvalue weighted by molar-refractivity contribution is 5.71. The first kappa shape index (κ1) is 6.97. The zero-order valence-electron chi connectivity index (χ0n) is 5.28. The van der Waals surface area contributed by atoms with Gasteiger partial charge in [-0.3, -0.25) is 0 Å². The molecule has 3 N–H and O–H groups in total. The first-order chi connectivity index (χ1) is 4.62. The first-order valence-corrected chi connectivity index (χ1v) is 2.80. The lowest BCUT2D eigenvalue weighted by Crippen LogP contribution is -2.55. The minimum atomic E-state index is -0.935. The molecular formula is C4H8N4O2. The van der Waals surface area contributed by atoms with Crippen LogP contribution >= 0.6 is 0 Å². The Morgan fingerprint density at radius 2 is 2.60 bits per heavy atom. The van der Waals surface area contributed by atoms with Crippen molar-refractivity contribution < 1.29 is 9.55 Å². The molecule has 0 radical (unpaired) electrons. The van der Waals surface area contributed by atoms with Gasteiger partial charge in [-0.1, -0.05) is 0 Å². The van der Waals surface area contributed by atoms with E-state index in [4.69, 9.17) is 5.73 Å². The smallest absolute Gasteiger partial charge is 0.357 e. The molecule has 1 atom stereocenters. The largest absolute Gasteiger partial charge is 0.600 e. The summed E-state index contributed by atoms with van der Waals surface area (Å²) in [6.07, 6.45) is 1.12. The normalized spacial score (nSPS) is 30.5. The standard InChI is InChI=1S/C4H8N4O2/c5-4(9)7-8(10)2-1-6-3-8/h3H,1-2H2,(H3,5,7,9). The molecule has 1 aliphatic rings. The Bertz CT molecular complexity index is 180. The van der Waals surface area contributed by atoms with Gasteiger partial charge in [0.2, 0.25) is 6.34 Å². The summed E-state index contributed by atoms with van der Waals surface area (Å²) in [5, 5.41) is 11.1. The van der Waals surface area contributed by atoms with Crippen molar-refractivity contribution in [1.82, 2.24) is 5.43 Å². The van der Waals surface area contributed by atoms with E-state index >= 15 is 0 Å². The Balaban J connectivity index is 2.52. The molecule has 0 aromatic carbocycles. The molecular weight excluding hydrogens is 136 g/mol. The van der Waals surface area contributed by atoms with Gasteiger partial charge in [0, 0.05) is 0 Å². The van der Waals surface area contributed by atoms with E-state index in [9.17, 15) is 10.0 Å². The van der Waals surface area contributed by atoms with Gasteiger partial charge >= 0.3 is 6.03 Å². The van der Waals surface area contributed by atoms with Crippen molar-refractivity contribution in [3.63, 3.8) is 0 Å². The number of nitrogens with two attached hydrogens (primary N) is 1. The van der Waals surface area contributed by atoms with Gasteiger partial charge in [-0.2, -0.15) is 5.43 Å². The number of carbonyl (C=O) groups is 1. The lowest BCUT2D eigenvalue weighted by molar-refractivity contribution is -0.813. The summed E-state index contributed by atoms with van der Waals surface area (Å²) in [6.45, 7) is 0.659. The number of hydrogen-bond acceptors (Lipinski definition) is 3. The highest BCUT2D eigenvalue weighted by atomic mass is 16.6. The number of aliphatic imine (C=N–C) groups is 1. The molecule has 1 heterocycles. The number of amides is 2. The zero-order valence-corrected chi connectivity index (χ0v) is 5.28. The molecule has 0 bridgehead atoms. The summed E-state index contributed by atoms with van der Waals surface area (Å²) in [6, 6.07) is -0.830. The quantitative estimate of drug-likeness (QED) is 0.362. The molecule has 1 rings (SSSR count). The maximum Gasteiger partial charge on any atom is 0.357 e. The monoisotopic (exact) mass is 144 g/mol. The molecule has 6 heteroatoms. The second kappa shape index (κ2) is 2.24. The van der Waals surface area contributed by atoms with Crippen molar-refractivity contribution in [3.05, 3.63) is 5.21 Å². The van der Waals surface area contributed by atoms with Crippen molar-refractivity contribution in [3.8, 4) is 0 Å². The van der Waals surface area contributed by atoms with Crippen molar-refractivity contribution in [2.45, 2.75) is 0 Å². The topological polar surface area (TPSA) is 90.5 Å². The minimum absolute atomic E-state index is 0.225. The molecule has 2 amide bonds. The number of primary amides is 1. The summed E-state index contributed by atoms with van der Waals surface area (Å²) in [7, 11) is 0. The third kappa shape index (κ3) is 1.42. The molecule has 6 nitrogen and oxygen atoms in total. The van der Waals surface area contributed by atoms with E-state index in [0.717, 1.165) is 6.34 Å². The molecule has 10 heavy (non-hydrogen) atoms. The average molecular weight is 144 g/mol. The van der Waals surface area contributed by atoms with Crippen molar-refractivity contribution in [2.24, 2.45) is 10.7 Å². The second-order valence-electron chi connectivity index (χ2n) is 2.02. The molecule has 0 aromatic rings. The summed E-state index contributed by atoms with van der Waals surface area (Å²) in [4.78, 5) is 13.8. The summed E-state index contributed by atoms with van der Waals surface area (Å²) >= 11 is 0. The fraction of sp³-hybridized carbons (Fsp3) is 0.500. The van der Waals surface area contributed by atoms with Crippen LogP contribution in [-0.4, -0.2) is 30.2 Å². The van der Waals surface area contributed by atoms with Gasteiger partial charge in [0.15, 0.2) is 0 Å². The minimum Gasteiger partial charge on any atom is -0.600 e. The maximum absolute atomic E-state index is 11.1. The van der Waals surface area contributed by atoms with Gasteiger partial charge in [-0.15, -0.1) is 0 Å². The van der Waals surface area contributed by atoms with Crippen LogP contribution in [0.3, 0.4) is 0 Å². The van der Waals surface area contributed by atoms with Crippen LogP contribution < -0.4 is 11.2 Å². The van der Waals surface area contributed by atoms with Gasteiger partial charge in [0.1, 0.15) is 6.54 Å². The SMILES string of the molecule is NC(=O)N[N+]1([O-])C=NCC1. The van der Waals surface area contributed by atoms with Crippen LogP contribution in [0.2, 0.25) is 0 Å². The Morgan fingerprint density at radius 3 is 3.00 bits per heavy atom. The summed E-state index contributed by atoms with van der Waals surface area (Å²) in [5.41, 5.74) is 6.72. The molecule has 0 saturated heterocycles. The number of quaternary nitrogens is 1. The predicted octanol–water partition coefficient (Wildman–Crippen LogP) is -1.07. The Hall–Kier alpha value is -1.14. The molecule has 0 fully saturated rings. The number of nitrogens with zero attached hydrogens (tertiary/aromatic N) is 2. The van der Waals surface area contributed by atoms with Crippen LogP contribution in [0.25, 0.3) is 0 Å². The van der Waals surface area contributed by atoms with E-state index in [0.29, 0.717) is 6.54 Å². The summed E-state index contributed by atoms with van der Waals surface area (Å²) < 4.78 is -0.935. The fourth-order valence-electron chi connectivity index (χ4n) is 0.725. The Labute approximate surface area is 57.5 Å². The van der Waals surface area contributed by atoms with E-state index in [1.54, 1.807) is 0 Å². The van der Waals surface area contributed by atoms with Gasteiger partial charge in [0.05, 0.1) is 6.54 Å². The number of hydrogen-bond donors (Lipinski definition) is 2. The second-order valence-corrected chi connectivity index (χ2v) is 2.02. The van der Waals surface area contributed by atoms with Gasteiger partial charge in [-0.25, -0.2) is 14.5 Å². The van der Waals surface area contributed by atoms with Gasteiger partial charge in [0.25, 0.3) is 0 Å². The molecule has 0 spiro atoms. The predicted molar refractivity (Wildman–Crippen MR) is 34.6 cm³/mol. The van der Waals surface area contributed by atoms with Crippen LogP contribution in [0, 0.1) is 5.21 Å². The molecule has 0 saturated carbocycles. The number of nitrogens with one attached hydrogen (secondary N) is 1. The van der Waals surface area contributed by atoms with E-state index in [1.165, 1.54) is 0 Å². The Kier molecular flexibility index (Phi) is 1.56. The van der Waals surface area contributed by atoms with Gasteiger partial charge < -0.3 is 10.9 Å². The molecule has 0 aliphatic carbocycles. The van der Waals surface area contributed by atoms with Crippen molar-refractivity contribution >= 4 is 12.4 Å². The number of urea groups is 1. The van der Waals surface area contributed by atoms with E-state index in [1.807, 2.05) is 5.43 Å². The maximum atomic E-state index is 11.1. The van der Waals surface area contributed by atoms with Crippen LogP contribution in [-0.2, 0) is 0 Å². The third-order valence-electron chi connectivity index (χ3n) is 1.13. The molecule has 1 unspecified atom stereocenters. The van der Waals surface area contributed by atoms with E-state index in [2.05, 4.69) is 4.99 Å². The zero-order chi connectivity index (χ0) is 7.61. The molecule has 1 aliphatic heterocycles. The van der Waals surface area contributed by atoms with Crippen molar-refractivity contribution in [2.75, 3.05) is 13.1 Å². The average Bonchev–Trinajstić information content (AvgIpc) is 2.12. The molecule has 0 aromatic heterocycles. The van der Waals surface area contributed by atoms with E-state index in [-0.39, 0.29) is 6.54 Å². The lowest BCUT2D eigenvalue weighted by Gasteiger charge is -2.31. The highest BCUT2D eigenvalue weighted by Crippen LogP contribution is 2.00. The number of carbonyl (C=O) groups excluding carboxylic acids is 1. The van der Waals surface area contributed by atoms with Crippen LogP contribution in [0.1, 0.15) is 0 Å². The fourth-order valence-corrected chi connectivity index (χ4v) is 0.725. The highest BCUT2D eigenvalue weighted by Gasteiger charge is 2.20. The van der Waals surface area contributed by atoms with Crippen molar-refractivity contribution in [1.29, 1.82) is 0 Å². The van der Waals surface area contributed by atoms with Crippen LogP contribution in [0.15, 0.2) is 4.99 Å².